The molecular weight excluding hydrogens is 366 g/mol. The number of nitrogens with zero attached hydrogens (tertiary/aromatic N) is 3. The minimum Gasteiger partial charge on any atom is -0.467 e. The Balaban J connectivity index is 1.50. The fourth-order valence-corrected chi connectivity index (χ4v) is 3.58. The smallest absolute Gasteiger partial charge is 0.244 e. The summed E-state index contributed by atoms with van der Waals surface area (Å²) in [7, 11) is 0. The van der Waals surface area contributed by atoms with Gasteiger partial charge in [-0.05, 0) is 29.8 Å². The van der Waals surface area contributed by atoms with Crippen molar-refractivity contribution in [1.29, 1.82) is 0 Å². The van der Waals surface area contributed by atoms with Crippen molar-refractivity contribution in [2.24, 2.45) is 5.10 Å². The Labute approximate surface area is 163 Å². The Kier molecular flexibility index (Phi) is 5.57. The highest BCUT2D eigenvalue weighted by Gasteiger charge is 2.34. The summed E-state index contributed by atoms with van der Waals surface area (Å²) < 4.78 is 10.9. The number of benzene rings is 1. The van der Waals surface area contributed by atoms with Crippen molar-refractivity contribution in [1.82, 2.24) is 9.91 Å². The lowest BCUT2D eigenvalue weighted by molar-refractivity contribution is -0.134. The molecule has 0 bridgehead atoms. The molecule has 142 valence electrons. The molecule has 2 aromatic rings. The lowest BCUT2D eigenvalue weighted by Gasteiger charge is -2.27. The molecule has 1 saturated heterocycles. The van der Waals surface area contributed by atoms with Gasteiger partial charge in [0.25, 0.3) is 0 Å². The van der Waals surface area contributed by atoms with Crippen molar-refractivity contribution in [3.8, 4) is 0 Å². The number of furan rings is 1. The molecule has 2 aliphatic rings. The number of carbonyl (C=O) groups excluding carboxylic acids is 1. The summed E-state index contributed by atoms with van der Waals surface area (Å²) in [5.41, 5.74) is 1.84. The molecule has 0 radical (unpaired) electrons. The van der Waals surface area contributed by atoms with Crippen molar-refractivity contribution in [2.45, 2.75) is 18.9 Å². The van der Waals surface area contributed by atoms with Gasteiger partial charge in [0.15, 0.2) is 0 Å². The number of hydrazone groups is 1. The van der Waals surface area contributed by atoms with Crippen LogP contribution < -0.4 is 0 Å². The quantitative estimate of drug-likeness (QED) is 0.789. The Morgan fingerprint density at radius 3 is 2.67 bits per heavy atom. The van der Waals surface area contributed by atoms with Crippen LogP contribution in [0.3, 0.4) is 0 Å². The molecule has 1 atom stereocenters. The van der Waals surface area contributed by atoms with Crippen LogP contribution in [-0.4, -0.2) is 54.4 Å². The maximum Gasteiger partial charge on any atom is 0.244 e. The standard InChI is InChI=1S/C20H22ClN3O3/c21-16-5-3-15(4-6-16)17-14-18(19-2-1-11-27-19)24(22-17)20(25)7-8-23-9-12-26-13-10-23/h1-6,11,18H,7-10,12-14H2. The number of amides is 1. The van der Waals surface area contributed by atoms with E-state index in [1.807, 2.05) is 36.4 Å². The molecule has 0 spiro atoms. The van der Waals surface area contributed by atoms with Gasteiger partial charge >= 0.3 is 0 Å². The van der Waals surface area contributed by atoms with E-state index in [4.69, 9.17) is 20.8 Å². The first-order valence-electron chi connectivity index (χ1n) is 9.20. The zero-order valence-corrected chi connectivity index (χ0v) is 15.8. The number of hydrogen-bond acceptors (Lipinski definition) is 5. The number of hydrogen-bond donors (Lipinski definition) is 0. The first-order chi connectivity index (χ1) is 13.2. The van der Waals surface area contributed by atoms with Crippen LogP contribution in [0.5, 0.6) is 0 Å². The SMILES string of the molecule is O=C(CCN1CCOCC1)N1N=C(c2ccc(Cl)cc2)CC1c1ccco1. The number of morpholine rings is 1. The highest BCUT2D eigenvalue weighted by Crippen LogP contribution is 2.33. The lowest BCUT2D eigenvalue weighted by Crippen LogP contribution is -2.39. The van der Waals surface area contributed by atoms with E-state index < -0.39 is 0 Å². The highest BCUT2D eigenvalue weighted by atomic mass is 35.5. The van der Waals surface area contributed by atoms with E-state index >= 15 is 0 Å². The summed E-state index contributed by atoms with van der Waals surface area (Å²) >= 11 is 5.99. The molecule has 7 heteroatoms. The summed E-state index contributed by atoms with van der Waals surface area (Å²) in [5, 5.41) is 6.91. The molecule has 4 rings (SSSR count). The fraction of sp³-hybridized carbons (Fsp3) is 0.400. The van der Waals surface area contributed by atoms with Gasteiger partial charge in [-0.25, -0.2) is 5.01 Å². The molecule has 1 fully saturated rings. The van der Waals surface area contributed by atoms with Crippen LogP contribution >= 0.6 is 11.6 Å². The van der Waals surface area contributed by atoms with Crippen LogP contribution in [0.1, 0.15) is 30.2 Å². The third-order valence-electron chi connectivity index (χ3n) is 4.96. The molecule has 1 aromatic heterocycles. The van der Waals surface area contributed by atoms with Crippen molar-refractivity contribution in [2.75, 3.05) is 32.8 Å². The molecular formula is C20H22ClN3O3. The third-order valence-corrected chi connectivity index (χ3v) is 5.21. The van der Waals surface area contributed by atoms with Gasteiger partial charge in [-0.1, -0.05) is 23.7 Å². The van der Waals surface area contributed by atoms with E-state index in [0.29, 0.717) is 17.9 Å². The van der Waals surface area contributed by atoms with Crippen LogP contribution in [0, 0.1) is 0 Å². The van der Waals surface area contributed by atoms with Crippen LogP contribution in [0.25, 0.3) is 0 Å². The van der Waals surface area contributed by atoms with E-state index in [2.05, 4.69) is 10.0 Å². The second-order valence-electron chi connectivity index (χ2n) is 6.73. The van der Waals surface area contributed by atoms with Crippen LogP contribution in [-0.2, 0) is 9.53 Å². The molecule has 27 heavy (non-hydrogen) atoms. The van der Waals surface area contributed by atoms with Gasteiger partial charge in [0.1, 0.15) is 11.8 Å². The first-order valence-corrected chi connectivity index (χ1v) is 9.57. The second-order valence-corrected chi connectivity index (χ2v) is 7.17. The molecule has 0 saturated carbocycles. The van der Waals surface area contributed by atoms with E-state index in [0.717, 1.165) is 49.9 Å². The monoisotopic (exact) mass is 387 g/mol. The van der Waals surface area contributed by atoms with E-state index in [9.17, 15) is 4.79 Å². The van der Waals surface area contributed by atoms with E-state index in [1.165, 1.54) is 0 Å². The summed E-state index contributed by atoms with van der Waals surface area (Å²) in [4.78, 5) is 15.2. The third kappa shape index (κ3) is 4.24. The largest absolute Gasteiger partial charge is 0.467 e. The predicted octanol–water partition coefficient (Wildman–Crippen LogP) is 3.33. The van der Waals surface area contributed by atoms with Gasteiger partial charge in [-0.15, -0.1) is 0 Å². The number of halogens is 1. The Morgan fingerprint density at radius 2 is 1.96 bits per heavy atom. The van der Waals surface area contributed by atoms with Gasteiger partial charge < -0.3 is 9.15 Å². The zero-order chi connectivity index (χ0) is 18.6. The van der Waals surface area contributed by atoms with Crippen LogP contribution in [0.15, 0.2) is 52.2 Å². The zero-order valence-electron chi connectivity index (χ0n) is 15.0. The van der Waals surface area contributed by atoms with Crippen molar-refractivity contribution in [3.05, 3.63) is 59.0 Å². The maximum atomic E-state index is 12.9. The molecule has 1 amide bonds. The predicted molar refractivity (Wildman–Crippen MR) is 103 cm³/mol. The molecule has 3 heterocycles. The van der Waals surface area contributed by atoms with Gasteiger partial charge in [0.05, 0.1) is 25.2 Å². The number of rotatable bonds is 5. The average molecular weight is 388 g/mol. The molecule has 6 nitrogen and oxygen atoms in total. The van der Waals surface area contributed by atoms with Crippen LogP contribution in [0.4, 0.5) is 0 Å². The summed E-state index contributed by atoms with van der Waals surface area (Å²) in [6.45, 7) is 3.91. The minimum atomic E-state index is -0.206. The molecule has 2 aliphatic heterocycles. The Bertz CT molecular complexity index is 798. The van der Waals surface area contributed by atoms with Crippen molar-refractivity contribution < 1.29 is 13.9 Å². The molecule has 0 aliphatic carbocycles. The molecule has 0 N–H and O–H groups in total. The molecule has 1 aromatic carbocycles. The summed E-state index contributed by atoms with van der Waals surface area (Å²) in [5.74, 6) is 0.759. The summed E-state index contributed by atoms with van der Waals surface area (Å²) in [6.07, 6.45) is 2.68. The summed E-state index contributed by atoms with van der Waals surface area (Å²) in [6, 6.07) is 11.1. The van der Waals surface area contributed by atoms with Gasteiger partial charge in [-0.2, -0.15) is 5.10 Å². The van der Waals surface area contributed by atoms with Gasteiger partial charge in [0, 0.05) is 37.5 Å². The highest BCUT2D eigenvalue weighted by molar-refractivity contribution is 6.30. The van der Waals surface area contributed by atoms with Gasteiger partial charge in [0.2, 0.25) is 5.91 Å². The second kappa shape index (κ2) is 8.25. The number of ether oxygens (including phenoxy) is 1. The normalized spacial score (nSPS) is 20.7. The Hall–Kier alpha value is -2.15. The Morgan fingerprint density at radius 1 is 1.19 bits per heavy atom. The average Bonchev–Trinajstić information content (AvgIpc) is 3.37. The number of carbonyl (C=O) groups is 1. The first kappa shape index (κ1) is 18.2. The van der Waals surface area contributed by atoms with E-state index in [-0.39, 0.29) is 11.9 Å². The van der Waals surface area contributed by atoms with Crippen molar-refractivity contribution >= 4 is 23.2 Å². The lowest BCUT2D eigenvalue weighted by atomic mass is 10.0. The maximum absolute atomic E-state index is 12.9. The van der Waals surface area contributed by atoms with Crippen LogP contribution in [0.2, 0.25) is 5.02 Å². The van der Waals surface area contributed by atoms with Crippen molar-refractivity contribution in [3.63, 3.8) is 0 Å². The van der Waals surface area contributed by atoms with E-state index in [1.54, 1.807) is 11.3 Å². The molecule has 1 unspecified atom stereocenters. The topological polar surface area (TPSA) is 58.3 Å². The van der Waals surface area contributed by atoms with Gasteiger partial charge in [-0.3, -0.25) is 9.69 Å². The minimum absolute atomic E-state index is 0.00635. The fourth-order valence-electron chi connectivity index (χ4n) is 3.45.